The predicted molar refractivity (Wildman–Crippen MR) is 84.3 cm³/mol. The normalized spacial score (nSPS) is 25.5. The van der Waals surface area contributed by atoms with E-state index in [9.17, 15) is 18.0 Å². The summed E-state index contributed by atoms with van der Waals surface area (Å²) in [5.41, 5.74) is -1.37. The molecule has 0 saturated carbocycles. The van der Waals surface area contributed by atoms with Gasteiger partial charge in [-0.2, -0.15) is 0 Å². The molecular weight excluding hydrogens is 342 g/mol. The summed E-state index contributed by atoms with van der Waals surface area (Å²) in [5.74, 6) is -1.13. The first kappa shape index (κ1) is 17.9. The molecule has 1 heterocycles. The third-order valence-electron chi connectivity index (χ3n) is 4.24. The zero-order valence-electron chi connectivity index (χ0n) is 13.1. The van der Waals surface area contributed by atoms with Gasteiger partial charge >= 0.3 is 0 Å². The molecule has 0 bridgehead atoms. The highest BCUT2D eigenvalue weighted by Crippen LogP contribution is 2.38. The van der Waals surface area contributed by atoms with E-state index in [0.29, 0.717) is 9.33 Å². The molecule has 2 rings (SSSR count). The van der Waals surface area contributed by atoms with E-state index < -0.39 is 27.6 Å². The van der Waals surface area contributed by atoms with E-state index in [2.05, 4.69) is 0 Å². The molecule has 0 N–H and O–H groups in total. The standard InChI is InChI=1S/C15H18ClNO5S/c1-10(18)15(2)9-8-13(22-3)17(14(15)19)23(20,21)12-6-4-11(16)5-7-12/h4-7,13H,8-9H2,1-3H3/t13-,15-/m1/s1. The summed E-state index contributed by atoms with van der Waals surface area (Å²) in [7, 11) is -2.81. The van der Waals surface area contributed by atoms with Gasteiger partial charge in [0.25, 0.3) is 15.9 Å². The van der Waals surface area contributed by atoms with Crippen LogP contribution in [0.4, 0.5) is 0 Å². The lowest BCUT2D eigenvalue weighted by molar-refractivity contribution is -0.157. The lowest BCUT2D eigenvalue weighted by atomic mass is 9.78. The largest absolute Gasteiger partial charge is 0.360 e. The number of carbonyl (C=O) groups is 2. The second-order valence-electron chi connectivity index (χ2n) is 5.68. The minimum Gasteiger partial charge on any atom is -0.360 e. The van der Waals surface area contributed by atoms with Crippen molar-refractivity contribution in [2.24, 2.45) is 5.41 Å². The van der Waals surface area contributed by atoms with Gasteiger partial charge in [-0.15, -0.1) is 0 Å². The molecule has 1 aliphatic heterocycles. The van der Waals surface area contributed by atoms with Crippen LogP contribution in [0.15, 0.2) is 29.2 Å². The van der Waals surface area contributed by atoms with Gasteiger partial charge in [-0.1, -0.05) is 11.6 Å². The number of Topliss-reactive ketones (excluding diaryl/α,β-unsaturated/α-hetero) is 1. The summed E-state index contributed by atoms with van der Waals surface area (Å²) < 4.78 is 31.6. The highest BCUT2D eigenvalue weighted by Gasteiger charge is 2.51. The van der Waals surface area contributed by atoms with Crippen molar-refractivity contribution < 1.29 is 22.7 Å². The number of hydrogen-bond donors (Lipinski definition) is 0. The molecule has 6 nitrogen and oxygen atoms in total. The summed E-state index contributed by atoms with van der Waals surface area (Å²) in [6.07, 6.45) is -0.437. The number of hydrogen-bond acceptors (Lipinski definition) is 5. The van der Waals surface area contributed by atoms with E-state index in [1.807, 2.05) is 0 Å². The molecule has 0 radical (unpaired) electrons. The minimum absolute atomic E-state index is 0.0786. The molecule has 1 aromatic rings. The van der Waals surface area contributed by atoms with Crippen molar-refractivity contribution in [2.45, 2.75) is 37.8 Å². The number of ketones is 1. The third kappa shape index (κ3) is 3.00. The molecule has 0 aromatic heterocycles. The maximum Gasteiger partial charge on any atom is 0.268 e. The number of amides is 1. The van der Waals surface area contributed by atoms with Crippen LogP contribution in [0.1, 0.15) is 26.7 Å². The molecule has 8 heteroatoms. The average molecular weight is 360 g/mol. The molecule has 0 unspecified atom stereocenters. The number of rotatable bonds is 4. The zero-order chi connectivity index (χ0) is 17.4. The molecular formula is C15H18ClNO5S. The highest BCUT2D eigenvalue weighted by atomic mass is 35.5. The first-order chi connectivity index (χ1) is 10.6. The number of piperidine rings is 1. The number of benzene rings is 1. The van der Waals surface area contributed by atoms with Gasteiger partial charge in [0, 0.05) is 12.1 Å². The number of sulfonamides is 1. The average Bonchev–Trinajstić information content (AvgIpc) is 2.49. The van der Waals surface area contributed by atoms with E-state index in [4.69, 9.17) is 16.3 Å². The maximum atomic E-state index is 12.9. The van der Waals surface area contributed by atoms with Crippen molar-refractivity contribution in [3.8, 4) is 0 Å². The number of ether oxygens (including phenoxy) is 1. The summed E-state index contributed by atoms with van der Waals surface area (Å²) in [5, 5.41) is 0.380. The molecule has 1 aromatic carbocycles. The molecule has 1 saturated heterocycles. The molecule has 126 valence electrons. The van der Waals surface area contributed by atoms with Gasteiger partial charge in [0.15, 0.2) is 0 Å². The fourth-order valence-corrected chi connectivity index (χ4v) is 4.29. The second-order valence-corrected chi connectivity index (χ2v) is 7.93. The molecule has 1 fully saturated rings. The smallest absolute Gasteiger partial charge is 0.268 e. The molecule has 23 heavy (non-hydrogen) atoms. The SMILES string of the molecule is CO[C@@H]1CC[C@](C)(C(C)=O)C(=O)N1S(=O)(=O)c1ccc(Cl)cc1. The van der Waals surface area contributed by atoms with E-state index in [0.717, 1.165) is 0 Å². The van der Waals surface area contributed by atoms with Crippen molar-refractivity contribution in [1.29, 1.82) is 0 Å². The van der Waals surface area contributed by atoms with Crippen molar-refractivity contribution in [3.05, 3.63) is 29.3 Å². The number of carbonyl (C=O) groups excluding carboxylic acids is 2. The van der Waals surface area contributed by atoms with Crippen molar-refractivity contribution in [2.75, 3.05) is 7.11 Å². The predicted octanol–water partition coefficient (Wildman–Crippen LogP) is 2.22. The Labute approximate surface area is 140 Å². The zero-order valence-corrected chi connectivity index (χ0v) is 14.6. The summed E-state index contributed by atoms with van der Waals surface area (Å²) >= 11 is 5.77. The minimum atomic E-state index is -4.15. The van der Waals surface area contributed by atoms with Crippen LogP contribution in [-0.4, -0.2) is 37.8 Å². The summed E-state index contributed by atoms with van der Waals surface area (Å²) in [6.45, 7) is 2.76. The number of nitrogens with zero attached hydrogens (tertiary/aromatic N) is 1. The van der Waals surface area contributed by atoms with Crippen LogP contribution in [-0.2, 0) is 24.3 Å². The molecule has 1 amide bonds. The van der Waals surface area contributed by atoms with Crippen molar-refractivity contribution >= 4 is 33.3 Å². The van der Waals surface area contributed by atoms with Gasteiger partial charge in [0.2, 0.25) is 0 Å². The number of methoxy groups -OCH3 is 1. The molecule has 2 atom stereocenters. The summed E-state index contributed by atoms with van der Waals surface area (Å²) in [6, 6.07) is 5.48. The van der Waals surface area contributed by atoms with Crippen LogP contribution in [0.2, 0.25) is 5.02 Å². The van der Waals surface area contributed by atoms with Crippen LogP contribution < -0.4 is 0 Å². The first-order valence-electron chi connectivity index (χ1n) is 7.03. The Morgan fingerprint density at radius 1 is 1.35 bits per heavy atom. The fraction of sp³-hybridized carbons (Fsp3) is 0.467. The van der Waals surface area contributed by atoms with Crippen molar-refractivity contribution in [3.63, 3.8) is 0 Å². The van der Waals surface area contributed by atoms with Gasteiger partial charge in [-0.25, -0.2) is 12.7 Å². The maximum absolute atomic E-state index is 12.9. The lowest BCUT2D eigenvalue weighted by Gasteiger charge is -2.41. The van der Waals surface area contributed by atoms with E-state index in [-0.39, 0.29) is 23.5 Å². The van der Waals surface area contributed by atoms with Crippen LogP contribution in [0.3, 0.4) is 0 Å². The van der Waals surface area contributed by atoms with Crippen LogP contribution in [0, 0.1) is 5.41 Å². The van der Waals surface area contributed by atoms with Gasteiger partial charge in [0.1, 0.15) is 17.4 Å². The quantitative estimate of drug-likeness (QED) is 0.770. The molecule has 1 aliphatic rings. The van der Waals surface area contributed by atoms with Gasteiger partial charge in [0.05, 0.1) is 4.90 Å². The Morgan fingerprint density at radius 2 is 1.91 bits per heavy atom. The summed E-state index contributed by atoms with van der Waals surface area (Å²) in [4.78, 5) is 24.6. The molecule has 0 spiro atoms. The Kier molecular flexibility index (Phi) is 4.84. The third-order valence-corrected chi connectivity index (χ3v) is 6.28. The Morgan fingerprint density at radius 3 is 2.39 bits per heavy atom. The number of halogens is 1. The van der Waals surface area contributed by atoms with E-state index in [1.54, 1.807) is 0 Å². The Balaban J connectivity index is 2.53. The Bertz CT molecular complexity index is 731. The van der Waals surface area contributed by atoms with Crippen LogP contribution in [0.25, 0.3) is 0 Å². The van der Waals surface area contributed by atoms with Gasteiger partial charge in [-0.05, 0) is 51.0 Å². The van der Waals surface area contributed by atoms with Gasteiger partial charge < -0.3 is 4.74 Å². The fourth-order valence-electron chi connectivity index (χ4n) is 2.53. The first-order valence-corrected chi connectivity index (χ1v) is 8.84. The Hall–Kier alpha value is -1.44. The van der Waals surface area contributed by atoms with Crippen molar-refractivity contribution in [1.82, 2.24) is 4.31 Å². The second kappa shape index (κ2) is 6.22. The van der Waals surface area contributed by atoms with Crippen LogP contribution >= 0.6 is 11.6 Å². The van der Waals surface area contributed by atoms with Gasteiger partial charge in [-0.3, -0.25) is 9.59 Å². The van der Waals surface area contributed by atoms with E-state index >= 15 is 0 Å². The highest BCUT2D eigenvalue weighted by molar-refractivity contribution is 7.89. The lowest BCUT2D eigenvalue weighted by Crippen LogP contribution is -2.57. The monoisotopic (exact) mass is 359 g/mol. The topological polar surface area (TPSA) is 80.8 Å². The molecule has 0 aliphatic carbocycles. The van der Waals surface area contributed by atoms with E-state index in [1.165, 1.54) is 45.2 Å². The van der Waals surface area contributed by atoms with Crippen LogP contribution in [0.5, 0.6) is 0 Å².